The highest BCUT2D eigenvalue weighted by atomic mass is 32.2. The normalized spacial score (nSPS) is 11.1. The first-order chi connectivity index (χ1) is 10.9. The zero-order valence-electron chi connectivity index (χ0n) is 13.7. The fourth-order valence-electron chi connectivity index (χ4n) is 2.24. The van der Waals surface area contributed by atoms with E-state index in [1.807, 2.05) is 13.8 Å². The van der Waals surface area contributed by atoms with Crippen molar-refractivity contribution in [2.75, 3.05) is 25.1 Å². The van der Waals surface area contributed by atoms with E-state index in [1.54, 1.807) is 49.6 Å². The molecule has 0 aliphatic rings. The predicted octanol–water partition coefficient (Wildman–Crippen LogP) is 3.23. The van der Waals surface area contributed by atoms with Crippen molar-refractivity contribution in [3.63, 3.8) is 0 Å². The van der Waals surface area contributed by atoms with Crippen LogP contribution in [0.15, 0.2) is 47.4 Å². The predicted molar refractivity (Wildman–Crippen MR) is 90.9 cm³/mol. The Labute approximate surface area is 137 Å². The van der Waals surface area contributed by atoms with Crippen LogP contribution in [0.3, 0.4) is 0 Å². The summed E-state index contributed by atoms with van der Waals surface area (Å²) in [5.74, 6) is 1.29. The van der Waals surface area contributed by atoms with Crippen molar-refractivity contribution in [3.05, 3.63) is 48.0 Å². The van der Waals surface area contributed by atoms with Gasteiger partial charge in [-0.05, 0) is 49.7 Å². The van der Waals surface area contributed by atoms with Crippen LogP contribution in [0.25, 0.3) is 0 Å². The molecule has 0 heterocycles. The highest BCUT2D eigenvalue weighted by Gasteiger charge is 2.22. The number of hydrogen-bond acceptors (Lipinski definition) is 4. The van der Waals surface area contributed by atoms with Gasteiger partial charge in [-0.25, -0.2) is 8.42 Å². The van der Waals surface area contributed by atoms with Gasteiger partial charge in [-0.2, -0.15) is 0 Å². The summed E-state index contributed by atoms with van der Waals surface area (Å²) >= 11 is 0. The first-order valence-electron chi connectivity index (χ1n) is 7.26. The maximum absolute atomic E-state index is 12.8. The Hall–Kier alpha value is -2.21. The molecule has 2 aromatic rings. The van der Waals surface area contributed by atoms with Crippen LogP contribution in [-0.4, -0.2) is 29.2 Å². The van der Waals surface area contributed by atoms with E-state index in [2.05, 4.69) is 0 Å². The standard InChI is InChI=1S/C17H21NO4S/c1-5-22-15-8-6-7-14(12-15)18(3)23(19,20)16-9-10-17(21-4)13(2)11-16/h6-12H,5H2,1-4H3. The average Bonchev–Trinajstić information content (AvgIpc) is 2.54. The third-order valence-corrected chi connectivity index (χ3v) is 5.30. The molecule has 23 heavy (non-hydrogen) atoms. The molecule has 0 bridgehead atoms. The summed E-state index contributed by atoms with van der Waals surface area (Å²) in [7, 11) is -0.564. The highest BCUT2D eigenvalue weighted by Crippen LogP contribution is 2.28. The molecule has 0 N–H and O–H groups in total. The van der Waals surface area contributed by atoms with Crippen LogP contribution in [-0.2, 0) is 10.0 Å². The molecule has 0 spiro atoms. The van der Waals surface area contributed by atoms with Gasteiger partial charge in [-0.3, -0.25) is 4.31 Å². The lowest BCUT2D eigenvalue weighted by molar-refractivity contribution is 0.340. The van der Waals surface area contributed by atoms with E-state index < -0.39 is 10.0 Å². The lowest BCUT2D eigenvalue weighted by Crippen LogP contribution is -2.26. The minimum atomic E-state index is -3.65. The second kappa shape index (κ2) is 6.91. The van der Waals surface area contributed by atoms with Gasteiger partial charge in [-0.1, -0.05) is 6.07 Å². The second-order valence-corrected chi connectivity index (χ2v) is 7.00. The third kappa shape index (κ3) is 3.59. The molecule has 0 radical (unpaired) electrons. The van der Waals surface area contributed by atoms with Crippen LogP contribution in [0, 0.1) is 6.92 Å². The molecule has 0 saturated heterocycles. The molecule has 0 aromatic heterocycles. The number of hydrogen-bond donors (Lipinski definition) is 0. The SMILES string of the molecule is CCOc1cccc(N(C)S(=O)(=O)c2ccc(OC)c(C)c2)c1. The number of anilines is 1. The first-order valence-corrected chi connectivity index (χ1v) is 8.70. The number of rotatable bonds is 6. The molecule has 0 atom stereocenters. The highest BCUT2D eigenvalue weighted by molar-refractivity contribution is 7.92. The number of benzene rings is 2. The third-order valence-electron chi connectivity index (χ3n) is 3.52. The Bertz CT molecular complexity index is 787. The summed E-state index contributed by atoms with van der Waals surface area (Å²) < 4.78 is 37.4. The van der Waals surface area contributed by atoms with Crippen LogP contribution in [0.4, 0.5) is 5.69 Å². The summed E-state index contributed by atoms with van der Waals surface area (Å²) in [4.78, 5) is 0.222. The molecule has 124 valence electrons. The van der Waals surface area contributed by atoms with Crippen molar-refractivity contribution in [1.29, 1.82) is 0 Å². The van der Waals surface area contributed by atoms with Gasteiger partial charge in [0.25, 0.3) is 10.0 Å². The van der Waals surface area contributed by atoms with Crippen molar-refractivity contribution in [2.24, 2.45) is 0 Å². The summed E-state index contributed by atoms with van der Waals surface area (Å²) in [5, 5.41) is 0. The molecule has 2 aromatic carbocycles. The molecular weight excluding hydrogens is 314 g/mol. The van der Waals surface area contributed by atoms with Gasteiger partial charge in [0.2, 0.25) is 0 Å². The zero-order chi connectivity index (χ0) is 17.0. The average molecular weight is 335 g/mol. The van der Waals surface area contributed by atoms with E-state index in [9.17, 15) is 8.42 Å². The van der Waals surface area contributed by atoms with Crippen LogP contribution in [0.5, 0.6) is 11.5 Å². The molecule has 0 aliphatic carbocycles. The number of ether oxygens (including phenoxy) is 2. The first kappa shape index (κ1) is 17.1. The second-order valence-electron chi connectivity index (χ2n) is 5.03. The van der Waals surface area contributed by atoms with Gasteiger partial charge in [0.05, 0.1) is 24.3 Å². The lowest BCUT2D eigenvalue weighted by atomic mass is 10.2. The number of aryl methyl sites for hydroxylation is 1. The number of nitrogens with zero attached hydrogens (tertiary/aromatic N) is 1. The van der Waals surface area contributed by atoms with E-state index >= 15 is 0 Å². The molecule has 0 fully saturated rings. The molecule has 5 nitrogen and oxygen atoms in total. The number of methoxy groups -OCH3 is 1. The van der Waals surface area contributed by atoms with Crippen LogP contribution < -0.4 is 13.8 Å². The van der Waals surface area contributed by atoms with E-state index in [0.29, 0.717) is 23.8 Å². The van der Waals surface area contributed by atoms with E-state index in [-0.39, 0.29) is 4.90 Å². The van der Waals surface area contributed by atoms with Gasteiger partial charge in [0, 0.05) is 13.1 Å². The molecule has 0 unspecified atom stereocenters. The van der Waals surface area contributed by atoms with Gasteiger partial charge in [-0.15, -0.1) is 0 Å². The van der Waals surface area contributed by atoms with Crippen molar-refractivity contribution >= 4 is 15.7 Å². The topological polar surface area (TPSA) is 55.8 Å². The van der Waals surface area contributed by atoms with E-state index in [1.165, 1.54) is 11.4 Å². The molecule has 6 heteroatoms. The van der Waals surface area contributed by atoms with Crippen LogP contribution in [0.1, 0.15) is 12.5 Å². The molecule has 0 saturated carbocycles. The lowest BCUT2D eigenvalue weighted by Gasteiger charge is -2.20. The Balaban J connectivity index is 2.38. The smallest absolute Gasteiger partial charge is 0.264 e. The fraction of sp³-hybridized carbons (Fsp3) is 0.294. The van der Waals surface area contributed by atoms with Crippen LogP contribution in [0.2, 0.25) is 0 Å². The fourth-order valence-corrected chi connectivity index (χ4v) is 3.52. The van der Waals surface area contributed by atoms with E-state index in [4.69, 9.17) is 9.47 Å². The Kier molecular flexibility index (Phi) is 5.15. The van der Waals surface area contributed by atoms with Crippen molar-refractivity contribution in [3.8, 4) is 11.5 Å². The minimum Gasteiger partial charge on any atom is -0.496 e. The van der Waals surface area contributed by atoms with Gasteiger partial charge in [0.15, 0.2) is 0 Å². The molecule has 0 aliphatic heterocycles. The monoisotopic (exact) mass is 335 g/mol. The summed E-state index contributed by atoms with van der Waals surface area (Å²) in [5.41, 5.74) is 1.31. The van der Waals surface area contributed by atoms with Gasteiger partial charge >= 0.3 is 0 Å². The van der Waals surface area contributed by atoms with Crippen molar-refractivity contribution in [1.82, 2.24) is 0 Å². The van der Waals surface area contributed by atoms with Crippen molar-refractivity contribution in [2.45, 2.75) is 18.7 Å². The summed E-state index contributed by atoms with van der Waals surface area (Å²) in [6.45, 7) is 4.22. The molecule has 0 amide bonds. The largest absolute Gasteiger partial charge is 0.496 e. The Morgan fingerprint density at radius 2 is 1.87 bits per heavy atom. The zero-order valence-corrected chi connectivity index (χ0v) is 14.6. The summed E-state index contributed by atoms with van der Waals surface area (Å²) in [6, 6.07) is 11.8. The summed E-state index contributed by atoms with van der Waals surface area (Å²) in [6.07, 6.45) is 0. The minimum absolute atomic E-state index is 0.222. The Morgan fingerprint density at radius 1 is 1.13 bits per heavy atom. The molecule has 2 rings (SSSR count). The Morgan fingerprint density at radius 3 is 2.48 bits per heavy atom. The van der Waals surface area contributed by atoms with Crippen LogP contribution >= 0.6 is 0 Å². The van der Waals surface area contributed by atoms with E-state index in [0.717, 1.165) is 5.56 Å². The van der Waals surface area contributed by atoms with Crippen molar-refractivity contribution < 1.29 is 17.9 Å². The quantitative estimate of drug-likeness (QED) is 0.813. The number of sulfonamides is 1. The maximum atomic E-state index is 12.8. The van der Waals surface area contributed by atoms with Gasteiger partial charge in [0.1, 0.15) is 11.5 Å². The maximum Gasteiger partial charge on any atom is 0.264 e. The van der Waals surface area contributed by atoms with Gasteiger partial charge < -0.3 is 9.47 Å². The molecular formula is C17H21NO4S.